The van der Waals surface area contributed by atoms with Crippen LogP contribution in [0.1, 0.15) is 11.3 Å². The van der Waals surface area contributed by atoms with Gasteiger partial charge in [-0.25, -0.2) is 0 Å². The van der Waals surface area contributed by atoms with Crippen molar-refractivity contribution in [2.45, 2.75) is 38.5 Å². The van der Waals surface area contributed by atoms with Crippen LogP contribution in [0.3, 0.4) is 0 Å². The molecule has 2 rings (SSSR count). The van der Waals surface area contributed by atoms with E-state index in [1.807, 2.05) is 0 Å². The molecule has 0 bridgehead atoms. The monoisotopic (exact) mass is 236 g/mol. The Morgan fingerprint density at radius 3 is 2.33 bits per heavy atom. The second-order valence-electron chi connectivity index (χ2n) is 5.96. The number of hydrogen-bond acceptors (Lipinski definition) is 1. The highest BCUT2D eigenvalue weighted by Gasteiger charge is 2.44. The molecule has 0 fully saturated rings. The second-order valence-corrected chi connectivity index (χ2v) is 15.0. The van der Waals surface area contributed by atoms with Crippen LogP contribution in [0.15, 0.2) is 24.3 Å². The average Bonchev–Trinajstić information content (AvgIpc) is 2.39. The zero-order valence-corrected chi connectivity index (χ0v) is 12.3. The van der Waals surface area contributed by atoms with E-state index >= 15 is 0 Å². The number of rotatable bonds is 1. The predicted octanol–water partition coefficient (Wildman–Crippen LogP) is 3.05. The van der Waals surface area contributed by atoms with Crippen molar-refractivity contribution in [2.75, 3.05) is 0 Å². The third-order valence-electron chi connectivity index (χ3n) is 3.09. The largest absolute Gasteiger partial charge is 0.409 e. The molecule has 0 spiro atoms. The fraction of sp³-hybridized carbons (Fsp3) is 0.500. The molecule has 1 aromatic carbocycles. The van der Waals surface area contributed by atoms with E-state index in [1.54, 1.807) is 0 Å². The molecule has 1 unspecified atom stereocenters. The molecule has 82 valence electrons. The minimum absolute atomic E-state index is 0.412. The topological polar surface area (TPSA) is 9.23 Å². The van der Waals surface area contributed by atoms with Gasteiger partial charge in [-0.3, -0.25) is 0 Å². The van der Waals surface area contributed by atoms with Crippen LogP contribution in [0, 0.1) is 0 Å². The second kappa shape index (κ2) is 3.30. The zero-order chi connectivity index (χ0) is 11.3. The molecular weight excluding hydrogens is 216 g/mol. The molecule has 1 heterocycles. The smallest absolute Gasteiger partial charge is 0.218 e. The van der Waals surface area contributed by atoms with Gasteiger partial charge < -0.3 is 4.43 Å². The zero-order valence-electron chi connectivity index (χ0n) is 10.3. The Labute approximate surface area is 94.6 Å². The van der Waals surface area contributed by atoms with Crippen LogP contribution in [0.5, 0.6) is 0 Å². The third kappa shape index (κ3) is 1.84. The van der Waals surface area contributed by atoms with Gasteiger partial charge in [-0.1, -0.05) is 43.9 Å². The molecule has 0 N–H and O–H groups in total. The molecule has 0 radical (unpaired) electrons. The van der Waals surface area contributed by atoms with Crippen molar-refractivity contribution < 1.29 is 4.43 Å². The molecule has 0 amide bonds. The molecule has 0 aromatic heterocycles. The summed E-state index contributed by atoms with van der Waals surface area (Å²) in [5.74, 6) is 0. The normalized spacial score (nSPS) is 23.9. The number of fused-ring (bicyclic) bond motifs is 1. The first-order chi connectivity index (χ1) is 6.82. The van der Waals surface area contributed by atoms with E-state index in [0.717, 1.165) is 0 Å². The molecule has 0 saturated carbocycles. The van der Waals surface area contributed by atoms with Crippen LogP contribution in [-0.2, 0) is 4.43 Å². The fourth-order valence-corrected chi connectivity index (χ4v) is 8.22. The summed E-state index contributed by atoms with van der Waals surface area (Å²) >= 11 is 0. The van der Waals surface area contributed by atoms with Gasteiger partial charge in [0, 0.05) is 0 Å². The summed E-state index contributed by atoms with van der Waals surface area (Å²) < 4.78 is 6.38. The fourth-order valence-electron chi connectivity index (χ4n) is 2.34. The van der Waals surface area contributed by atoms with Gasteiger partial charge >= 0.3 is 0 Å². The lowest BCUT2D eigenvalue weighted by molar-refractivity contribution is 0.288. The van der Waals surface area contributed by atoms with E-state index in [0.29, 0.717) is 5.73 Å². The summed E-state index contributed by atoms with van der Waals surface area (Å²) in [6.07, 6.45) is 0. The van der Waals surface area contributed by atoms with Crippen LogP contribution in [0.4, 0.5) is 0 Å². The van der Waals surface area contributed by atoms with Crippen LogP contribution in [-0.4, -0.2) is 16.4 Å². The van der Waals surface area contributed by atoms with Gasteiger partial charge in [0.15, 0.2) is 0 Å². The molecule has 0 aliphatic carbocycles. The molecule has 1 aliphatic rings. The number of benzene rings is 1. The average molecular weight is 236 g/mol. The molecule has 1 aromatic rings. The Kier molecular flexibility index (Phi) is 2.45. The lowest BCUT2D eigenvalue weighted by Crippen LogP contribution is -2.41. The van der Waals surface area contributed by atoms with Crippen molar-refractivity contribution in [3.63, 3.8) is 0 Å². The maximum Gasteiger partial charge on any atom is 0.218 e. The number of hydrogen-bond donors (Lipinski definition) is 0. The third-order valence-corrected chi connectivity index (χ3v) is 7.91. The van der Waals surface area contributed by atoms with Gasteiger partial charge in [-0.15, -0.1) is 0 Å². The van der Waals surface area contributed by atoms with Crippen molar-refractivity contribution in [1.29, 1.82) is 0 Å². The summed E-state index contributed by atoms with van der Waals surface area (Å²) in [5.41, 5.74) is 1.89. The summed E-state index contributed by atoms with van der Waals surface area (Å²) in [6.45, 7) is 11.8. The van der Waals surface area contributed by atoms with Crippen molar-refractivity contribution in [3.8, 4) is 0 Å². The van der Waals surface area contributed by atoms with E-state index in [4.69, 9.17) is 4.43 Å². The van der Waals surface area contributed by atoms with Crippen LogP contribution >= 0.6 is 0 Å². The predicted molar refractivity (Wildman–Crippen MR) is 70.7 cm³/mol. The Hall–Kier alpha value is -0.386. The maximum absolute atomic E-state index is 6.38. The van der Waals surface area contributed by atoms with Gasteiger partial charge in [-0.05, 0) is 23.8 Å². The lowest BCUT2D eigenvalue weighted by Gasteiger charge is -2.28. The standard InChI is InChI=1S/C12H20OSi2/c1-14(2,3)12-10-8-6-7-9-11(10)15(4,5)13-12/h6-9,12H,1-5H3. The quantitative estimate of drug-likeness (QED) is 0.681. The first kappa shape index (κ1) is 11.1. The van der Waals surface area contributed by atoms with Crippen molar-refractivity contribution >= 4 is 21.6 Å². The SMILES string of the molecule is C[Si]1(C)OC([Si](C)(C)C)c2ccccc21. The highest BCUT2D eigenvalue weighted by atomic mass is 28.4. The van der Waals surface area contributed by atoms with E-state index in [9.17, 15) is 0 Å². The Morgan fingerprint density at radius 1 is 1.13 bits per heavy atom. The summed E-state index contributed by atoms with van der Waals surface area (Å²) in [5, 5.41) is 1.51. The summed E-state index contributed by atoms with van der Waals surface area (Å²) in [7, 11) is -2.85. The van der Waals surface area contributed by atoms with E-state index < -0.39 is 16.4 Å². The minimum atomic E-state index is -1.60. The van der Waals surface area contributed by atoms with E-state index in [-0.39, 0.29) is 0 Å². The van der Waals surface area contributed by atoms with Crippen LogP contribution in [0.25, 0.3) is 0 Å². The molecule has 3 heteroatoms. The molecule has 1 aliphatic heterocycles. The van der Waals surface area contributed by atoms with Gasteiger partial charge in [0.05, 0.1) is 13.8 Å². The van der Waals surface area contributed by atoms with Gasteiger partial charge in [0.1, 0.15) is 0 Å². The van der Waals surface area contributed by atoms with Crippen LogP contribution in [0.2, 0.25) is 32.7 Å². The van der Waals surface area contributed by atoms with E-state index in [1.165, 1.54) is 10.8 Å². The van der Waals surface area contributed by atoms with Crippen molar-refractivity contribution in [1.82, 2.24) is 0 Å². The Balaban J connectivity index is 2.52. The molecule has 0 saturated heterocycles. The molecule has 1 atom stereocenters. The Bertz CT molecular complexity index is 379. The van der Waals surface area contributed by atoms with Crippen LogP contribution < -0.4 is 5.19 Å². The lowest BCUT2D eigenvalue weighted by atomic mass is 10.2. The summed E-state index contributed by atoms with van der Waals surface area (Å²) in [6, 6.07) is 8.82. The Morgan fingerprint density at radius 2 is 1.73 bits per heavy atom. The molecule has 15 heavy (non-hydrogen) atoms. The van der Waals surface area contributed by atoms with E-state index in [2.05, 4.69) is 57.0 Å². The highest BCUT2D eigenvalue weighted by molar-refractivity contribution is 6.88. The molecule has 1 nitrogen and oxygen atoms in total. The van der Waals surface area contributed by atoms with Gasteiger partial charge in [-0.2, -0.15) is 0 Å². The van der Waals surface area contributed by atoms with Crippen molar-refractivity contribution in [2.24, 2.45) is 0 Å². The highest BCUT2D eigenvalue weighted by Crippen LogP contribution is 2.36. The first-order valence-electron chi connectivity index (χ1n) is 5.59. The minimum Gasteiger partial charge on any atom is -0.409 e. The summed E-state index contributed by atoms with van der Waals surface area (Å²) in [4.78, 5) is 0. The van der Waals surface area contributed by atoms with Gasteiger partial charge in [0.2, 0.25) is 8.32 Å². The molecular formula is C12H20OSi2. The van der Waals surface area contributed by atoms with Gasteiger partial charge in [0.25, 0.3) is 0 Å². The van der Waals surface area contributed by atoms with Crippen molar-refractivity contribution in [3.05, 3.63) is 29.8 Å². The maximum atomic E-state index is 6.38. The first-order valence-corrected chi connectivity index (χ1v) is 12.1.